The van der Waals surface area contributed by atoms with Crippen LogP contribution in [-0.2, 0) is 0 Å². The zero-order valence-electron chi connectivity index (χ0n) is 11.8. The number of nitrogens with one attached hydrogen (secondary N) is 1. The third kappa shape index (κ3) is 4.26. The van der Waals surface area contributed by atoms with Crippen LogP contribution in [0.1, 0.15) is 57.8 Å². The largest absolute Gasteiger partial charge is 0.314 e. The molecule has 0 radical (unpaired) electrons. The van der Waals surface area contributed by atoms with Crippen molar-refractivity contribution in [3.63, 3.8) is 0 Å². The van der Waals surface area contributed by atoms with E-state index in [-0.39, 0.29) is 0 Å². The number of nitrogens with zero attached hydrogens (tertiary/aromatic N) is 1. The maximum absolute atomic E-state index is 3.82. The summed E-state index contributed by atoms with van der Waals surface area (Å²) in [5, 5.41) is 3.82. The first-order valence-corrected chi connectivity index (χ1v) is 7.65. The van der Waals surface area contributed by atoms with Crippen molar-refractivity contribution in [1.29, 1.82) is 0 Å². The minimum Gasteiger partial charge on any atom is -0.314 e. The zero-order chi connectivity index (χ0) is 12.1. The molecule has 0 spiro atoms. The molecule has 2 heteroatoms. The van der Waals surface area contributed by atoms with Gasteiger partial charge in [0, 0.05) is 12.1 Å². The van der Waals surface area contributed by atoms with E-state index in [2.05, 4.69) is 24.3 Å². The lowest BCUT2D eigenvalue weighted by Gasteiger charge is -2.34. The number of hydrogen-bond acceptors (Lipinski definition) is 2. The SMILES string of the molecule is CN(C)C1CCC(CNC2CCCCC2)CC1. The van der Waals surface area contributed by atoms with E-state index in [1.807, 2.05) is 0 Å². The molecule has 1 N–H and O–H groups in total. The molecule has 0 aromatic heterocycles. The molecule has 0 amide bonds. The summed E-state index contributed by atoms with van der Waals surface area (Å²) in [6, 6.07) is 1.69. The Bertz CT molecular complexity index is 201. The van der Waals surface area contributed by atoms with Crippen LogP contribution in [0.5, 0.6) is 0 Å². The van der Waals surface area contributed by atoms with E-state index in [9.17, 15) is 0 Å². The van der Waals surface area contributed by atoms with Crippen LogP contribution >= 0.6 is 0 Å². The summed E-state index contributed by atoms with van der Waals surface area (Å²) in [6.07, 6.45) is 12.9. The molecule has 100 valence electrons. The summed E-state index contributed by atoms with van der Waals surface area (Å²) in [5.41, 5.74) is 0. The third-order valence-corrected chi connectivity index (χ3v) is 4.85. The second-order valence-corrected chi connectivity index (χ2v) is 6.38. The van der Waals surface area contributed by atoms with Gasteiger partial charge in [-0.05, 0) is 65.1 Å². The zero-order valence-corrected chi connectivity index (χ0v) is 11.8. The highest BCUT2D eigenvalue weighted by Gasteiger charge is 2.23. The topological polar surface area (TPSA) is 15.3 Å². The summed E-state index contributed by atoms with van der Waals surface area (Å²) in [5.74, 6) is 0.952. The van der Waals surface area contributed by atoms with Crippen LogP contribution in [0.3, 0.4) is 0 Å². The third-order valence-electron chi connectivity index (χ3n) is 4.85. The molecule has 0 aromatic rings. The van der Waals surface area contributed by atoms with Gasteiger partial charge in [-0.1, -0.05) is 19.3 Å². The van der Waals surface area contributed by atoms with E-state index in [0.717, 1.165) is 18.0 Å². The Hall–Kier alpha value is -0.0800. The van der Waals surface area contributed by atoms with Gasteiger partial charge in [0.05, 0.1) is 0 Å². The smallest absolute Gasteiger partial charge is 0.00893 e. The second kappa shape index (κ2) is 6.75. The molecule has 2 fully saturated rings. The number of hydrogen-bond donors (Lipinski definition) is 1. The van der Waals surface area contributed by atoms with E-state index >= 15 is 0 Å². The lowest BCUT2D eigenvalue weighted by molar-refractivity contribution is 0.187. The van der Waals surface area contributed by atoms with Crippen LogP contribution in [0.4, 0.5) is 0 Å². The van der Waals surface area contributed by atoms with E-state index in [1.165, 1.54) is 64.3 Å². The van der Waals surface area contributed by atoms with Crippen LogP contribution < -0.4 is 5.32 Å². The normalized spacial score (nSPS) is 31.9. The molecule has 2 saturated carbocycles. The Morgan fingerprint density at radius 3 is 2.12 bits per heavy atom. The van der Waals surface area contributed by atoms with Crippen molar-refractivity contribution >= 4 is 0 Å². The summed E-state index contributed by atoms with van der Waals surface area (Å²) in [7, 11) is 4.45. The van der Waals surface area contributed by atoms with Crippen LogP contribution in [0.15, 0.2) is 0 Å². The first kappa shape index (κ1) is 13.4. The quantitative estimate of drug-likeness (QED) is 0.810. The highest BCUT2D eigenvalue weighted by atomic mass is 15.1. The van der Waals surface area contributed by atoms with Crippen LogP contribution in [0.2, 0.25) is 0 Å². The van der Waals surface area contributed by atoms with Crippen LogP contribution in [-0.4, -0.2) is 37.6 Å². The lowest BCUT2D eigenvalue weighted by atomic mass is 9.85. The first-order valence-electron chi connectivity index (χ1n) is 7.65. The van der Waals surface area contributed by atoms with Crippen molar-refractivity contribution in [3.8, 4) is 0 Å². The first-order chi connectivity index (χ1) is 8.25. The summed E-state index contributed by atoms with van der Waals surface area (Å²) in [4.78, 5) is 2.41. The number of rotatable bonds is 4. The van der Waals surface area contributed by atoms with E-state index < -0.39 is 0 Å². The Labute approximate surface area is 107 Å². The van der Waals surface area contributed by atoms with Gasteiger partial charge in [-0.25, -0.2) is 0 Å². The van der Waals surface area contributed by atoms with Crippen molar-refractivity contribution < 1.29 is 0 Å². The molecule has 2 nitrogen and oxygen atoms in total. The molecule has 0 aromatic carbocycles. The molecule has 2 aliphatic carbocycles. The molecule has 0 saturated heterocycles. The van der Waals surface area contributed by atoms with E-state index in [1.54, 1.807) is 0 Å². The lowest BCUT2D eigenvalue weighted by Crippen LogP contribution is -2.38. The average molecular weight is 238 g/mol. The molecule has 2 aliphatic rings. The molecular weight excluding hydrogens is 208 g/mol. The van der Waals surface area contributed by atoms with Crippen molar-refractivity contribution in [3.05, 3.63) is 0 Å². The summed E-state index contributed by atoms with van der Waals surface area (Å²) < 4.78 is 0. The fourth-order valence-corrected chi connectivity index (χ4v) is 3.51. The molecule has 17 heavy (non-hydrogen) atoms. The summed E-state index contributed by atoms with van der Waals surface area (Å²) in [6.45, 7) is 1.28. The molecule has 0 bridgehead atoms. The molecule has 0 heterocycles. The predicted molar refractivity (Wildman–Crippen MR) is 74.3 cm³/mol. The van der Waals surface area contributed by atoms with Crippen LogP contribution in [0.25, 0.3) is 0 Å². The molecule has 0 unspecified atom stereocenters. The van der Waals surface area contributed by atoms with Crippen LogP contribution in [0, 0.1) is 5.92 Å². The average Bonchev–Trinajstić information content (AvgIpc) is 2.38. The van der Waals surface area contributed by atoms with Gasteiger partial charge in [0.25, 0.3) is 0 Å². The van der Waals surface area contributed by atoms with Crippen molar-refractivity contribution in [2.24, 2.45) is 5.92 Å². The standard InChI is InChI=1S/C15H30N2/c1-17(2)15-10-8-13(9-11-15)12-16-14-6-4-3-5-7-14/h13-16H,3-12H2,1-2H3. The van der Waals surface area contributed by atoms with Gasteiger partial charge in [-0.2, -0.15) is 0 Å². The van der Waals surface area contributed by atoms with Crippen molar-refractivity contribution in [2.75, 3.05) is 20.6 Å². The Balaban J connectivity index is 1.61. The van der Waals surface area contributed by atoms with Crippen molar-refractivity contribution in [2.45, 2.75) is 69.9 Å². The predicted octanol–water partition coefficient (Wildman–Crippen LogP) is 3.03. The van der Waals surface area contributed by atoms with Gasteiger partial charge >= 0.3 is 0 Å². The maximum atomic E-state index is 3.82. The van der Waals surface area contributed by atoms with Crippen molar-refractivity contribution in [1.82, 2.24) is 10.2 Å². The van der Waals surface area contributed by atoms with Gasteiger partial charge in [0.1, 0.15) is 0 Å². The Kier molecular flexibility index (Phi) is 5.30. The van der Waals surface area contributed by atoms with Gasteiger partial charge in [-0.15, -0.1) is 0 Å². The molecule has 2 rings (SSSR count). The van der Waals surface area contributed by atoms with Gasteiger partial charge in [0.2, 0.25) is 0 Å². The highest BCUT2D eigenvalue weighted by molar-refractivity contribution is 4.80. The van der Waals surface area contributed by atoms with Gasteiger partial charge in [0.15, 0.2) is 0 Å². The highest BCUT2D eigenvalue weighted by Crippen LogP contribution is 2.26. The second-order valence-electron chi connectivity index (χ2n) is 6.38. The van der Waals surface area contributed by atoms with E-state index in [4.69, 9.17) is 0 Å². The Morgan fingerprint density at radius 1 is 0.882 bits per heavy atom. The monoisotopic (exact) mass is 238 g/mol. The Morgan fingerprint density at radius 2 is 1.53 bits per heavy atom. The maximum Gasteiger partial charge on any atom is 0.00893 e. The minimum absolute atomic E-state index is 0.843. The summed E-state index contributed by atoms with van der Waals surface area (Å²) >= 11 is 0. The molecule has 0 aliphatic heterocycles. The molecular formula is C15H30N2. The van der Waals surface area contributed by atoms with E-state index in [0.29, 0.717) is 0 Å². The van der Waals surface area contributed by atoms with Gasteiger partial charge < -0.3 is 10.2 Å². The fraction of sp³-hybridized carbons (Fsp3) is 1.00. The molecule has 0 atom stereocenters. The minimum atomic E-state index is 0.843. The fourth-order valence-electron chi connectivity index (χ4n) is 3.51. The van der Waals surface area contributed by atoms with Gasteiger partial charge in [-0.3, -0.25) is 0 Å².